The SMILES string of the molecule is Cc1cc(Cl)ccc1OCc1ccc(OCC2COC(c3c(F)cccc3F)=N2)cc1. The quantitative estimate of drug-likeness (QED) is 0.468. The molecule has 160 valence electrons. The van der Waals surface area contributed by atoms with E-state index in [4.69, 9.17) is 25.8 Å². The third-order valence-corrected chi connectivity index (χ3v) is 5.02. The van der Waals surface area contributed by atoms with Gasteiger partial charge in [0.1, 0.15) is 54.6 Å². The highest BCUT2D eigenvalue weighted by molar-refractivity contribution is 6.30. The van der Waals surface area contributed by atoms with Gasteiger partial charge < -0.3 is 14.2 Å². The van der Waals surface area contributed by atoms with E-state index in [-0.39, 0.29) is 30.7 Å². The third-order valence-electron chi connectivity index (χ3n) is 4.79. The number of benzene rings is 3. The van der Waals surface area contributed by atoms with E-state index in [1.807, 2.05) is 43.3 Å². The fourth-order valence-electron chi connectivity index (χ4n) is 3.15. The monoisotopic (exact) mass is 443 g/mol. The molecule has 31 heavy (non-hydrogen) atoms. The Bertz CT molecular complexity index is 1080. The van der Waals surface area contributed by atoms with E-state index in [0.29, 0.717) is 17.4 Å². The van der Waals surface area contributed by atoms with Gasteiger partial charge in [0.25, 0.3) is 0 Å². The molecule has 1 atom stereocenters. The molecular formula is C24H20ClF2NO3. The van der Waals surface area contributed by atoms with Crippen molar-refractivity contribution in [2.75, 3.05) is 13.2 Å². The van der Waals surface area contributed by atoms with Gasteiger partial charge in [0.2, 0.25) is 5.90 Å². The van der Waals surface area contributed by atoms with Gasteiger partial charge in [0.15, 0.2) is 0 Å². The molecule has 1 heterocycles. The van der Waals surface area contributed by atoms with Crippen LogP contribution in [0, 0.1) is 18.6 Å². The molecule has 0 bridgehead atoms. The molecule has 0 aromatic heterocycles. The fourth-order valence-corrected chi connectivity index (χ4v) is 3.38. The van der Waals surface area contributed by atoms with Crippen molar-refractivity contribution >= 4 is 17.5 Å². The van der Waals surface area contributed by atoms with Crippen molar-refractivity contribution in [1.29, 1.82) is 0 Å². The second-order valence-electron chi connectivity index (χ2n) is 7.15. The minimum absolute atomic E-state index is 0.0332. The predicted octanol–water partition coefficient (Wildman–Crippen LogP) is 5.73. The number of halogens is 3. The first kappa shape index (κ1) is 21.1. The molecule has 0 spiro atoms. The fraction of sp³-hybridized carbons (Fsp3) is 0.208. The predicted molar refractivity (Wildman–Crippen MR) is 115 cm³/mol. The van der Waals surface area contributed by atoms with Crippen molar-refractivity contribution in [1.82, 2.24) is 0 Å². The zero-order valence-corrected chi connectivity index (χ0v) is 17.5. The molecule has 7 heteroatoms. The summed E-state index contributed by atoms with van der Waals surface area (Å²) in [6, 6.07) is 16.3. The molecule has 1 unspecified atom stereocenters. The second-order valence-corrected chi connectivity index (χ2v) is 7.59. The van der Waals surface area contributed by atoms with Gasteiger partial charge in [-0.2, -0.15) is 0 Å². The summed E-state index contributed by atoms with van der Waals surface area (Å²) >= 11 is 5.96. The molecule has 0 radical (unpaired) electrons. The lowest BCUT2D eigenvalue weighted by Gasteiger charge is -2.11. The lowest BCUT2D eigenvalue weighted by molar-refractivity contribution is 0.242. The Kier molecular flexibility index (Phi) is 6.37. The summed E-state index contributed by atoms with van der Waals surface area (Å²) in [6.45, 7) is 2.80. The number of aryl methyl sites for hydroxylation is 1. The van der Waals surface area contributed by atoms with E-state index >= 15 is 0 Å². The van der Waals surface area contributed by atoms with Crippen molar-refractivity contribution in [3.05, 3.63) is 94.0 Å². The van der Waals surface area contributed by atoms with E-state index < -0.39 is 11.6 Å². The molecule has 4 rings (SSSR count). The third kappa shape index (κ3) is 5.14. The number of rotatable bonds is 7. The van der Waals surface area contributed by atoms with Crippen molar-refractivity contribution < 1.29 is 23.0 Å². The van der Waals surface area contributed by atoms with Crippen molar-refractivity contribution in [2.45, 2.75) is 19.6 Å². The molecule has 0 saturated heterocycles. The highest BCUT2D eigenvalue weighted by Gasteiger charge is 2.25. The van der Waals surface area contributed by atoms with Gasteiger partial charge in [-0.1, -0.05) is 29.8 Å². The Morgan fingerprint density at radius 2 is 1.77 bits per heavy atom. The van der Waals surface area contributed by atoms with Crippen LogP contribution in [0.4, 0.5) is 8.78 Å². The van der Waals surface area contributed by atoms with Gasteiger partial charge in [-0.25, -0.2) is 13.8 Å². The topological polar surface area (TPSA) is 40.0 Å². The average Bonchev–Trinajstić information content (AvgIpc) is 3.21. The molecule has 3 aromatic rings. The molecule has 0 saturated carbocycles. The van der Waals surface area contributed by atoms with Gasteiger partial charge >= 0.3 is 0 Å². The first-order valence-electron chi connectivity index (χ1n) is 9.75. The van der Waals surface area contributed by atoms with Crippen LogP contribution in [0.2, 0.25) is 5.02 Å². The minimum atomic E-state index is -0.702. The van der Waals surface area contributed by atoms with Crippen LogP contribution in [0.25, 0.3) is 0 Å². The maximum absolute atomic E-state index is 13.9. The van der Waals surface area contributed by atoms with Crippen LogP contribution < -0.4 is 9.47 Å². The Labute approximate surface area is 184 Å². The molecule has 4 nitrogen and oxygen atoms in total. The summed E-state index contributed by atoms with van der Waals surface area (Å²) in [5, 5.41) is 0.675. The van der Waals surface area contributed by atoms with Crippen molar-refractivity contribution in [3.63, 3.8) is 0 Å². The minimum Gasteiger partial charge on any atom is -0.491 e. The van der Waals surface area contributed by atoms with E-state index in [2.05, 4.69) is 4.99 Å². The smallest absolute Gasteiger partial charge is 0.222 e. The highest BCUT2D eigenvalue weighted by atomic mass is 35.5. The molecule has 0 amide bonds. The summed E-state index contributed by atoms with van der Waals surface area (Å²) in [4.78, 5) is 4.25. The average molecular weight is 444 g/mol. The van der Waals surface area contributed by atoms with Gasteiger partial charge in [0.05, 0.1) is 0 Å². The van der Waals surface area contributed by atoms with Crippen LogP contribution in [-0.4, -0.2) is 25.2 Å². The molecular weight excluding hydrogens is 424 g/mol. The number of hydrogen-bond donors (Lipinski definition) is 0. The molecule has 0 aliphatic carbocycles. The molecule has 0 fully saturated rings. The Hall–Kier alpha value is -3.12. The first-order chi connectivity index (χ1) is 15.0. The van der Waals surface area contributed by atoms with E-state index in [1.165, 1.54) is 18.2 Å². The van der Waals surface area contributed by atoms with Crippen LogP contribution in [0.1, 0.15) is 16.7 Å². The maximum Gasteiger partial charge on any atom is 0.222 e. The Morgan fingerprint density at radius 1 is 1.03 bits per heavy atom. The number of nitrogens with zero attached hydrogens (tertiary/aromatic N) is 1. The summed E-state index contributed by atoms with van der Waals surface area (Å²) in [7, 11) is 0. The maximum atomic E-state index is 13.9. The van der Waals surface area contributed by atoms with E-state index in [1.54, 1.807) is 6.07 Å². The van der Waals surface area contributed by atoms with Gasteiger partial charge in [-0.15, -0.1) is 0 Å². The first-order valence-corrected chi connectivity index (χ1v) is 10.1. The standard InChI is InChI=1S/C24H20ClF2NO3/c1-15-11-17(25)7-10-22(15)30-12-16-5-8-19(9-6-16)29-13-18-14-31-24(28-18)23-20(26)3-2-4-21(23)27/h2-11,18H,12-14H2,1H3. The van der Waals surface area contributed by atoms with Crippen LogP contribution >= 0.6 is 11.6 Å². The van der Waals surface area contributed by atoms with Crippen LogP contribution in [0.3, 0.4) is 0 Å². The summed E-state index contributed by atoms with van der Waals surface area (Å²) in [5.74, 6) is 0.00564. The summed E-state index contributed by atoms with van der Waals surface area (Å²) < 4.78 is 44.7. The van der Waals surface area contributed by atoms with Crippen LogP contribution in [0.5, 0.6) is 11.5 Å². The van der Waals surface area contributed by atoms with E-state index in [0.717, 1.165) is 16.9 Å². The lowest BCUT2D eigenvalue weighted by atomic mass is 10.2. The van der Waals surface area contributed by atoms with E-state index in [9.17, 15) is 8.78 Å². The zero-order chi connectivity index (χ0) is 21.8. The lowest BCUT2D eigenvalue weighted by Crippen LogP contribution is -2.17. The van der Waals surface area contributed by atoms with Gasteiger partial charge in [-0.3, -0.25) is 0 Å². The second kappa shape index (κ2) is 9.35. The normalized spacial score (nSPS) is 15.4. The Morgan fingerprint density at radius 3 is 2.48 bits per heavy atom. The molecule has 1 aliphatic heterocycles. The molecule has 1 aliphatic rings. The van der Waals surface area contributed by atoms with Gasteiger partial charge in [0, 0.05) is 5.02 Å². The summed E-state index contributed by atoms with van der Waals surface area (Å²) in [5.41, 5.74) is 1.72. The van der Waals surface area contributed by atoms with Crippen molar-refractivity contribution in [3.8, 4) is 11.5 Å². The number of ether oxygens (including phenoxy) is 3. The molecule has 0 N–H and O–H groups in total. The Balaban J connectivity index is 1.31. The van der Waals surface area contributed by atoms with Crippen LogP contribution in [0.15, 0.2) is 65.7 Å². The summed E-state index contributed by atoms with van der Waals surface area (Å²) in [6.07, 6.45) is 0. The largest absolute Gasteiger partial charge is 0.491 e. The highest BCUT2D eigenvalue weighted by Crippen LogP contribution is 2.23. The van der Waals surface area contributed by atoms with Gasteiger partial charge in [-0.05, 0) is 60.5 Å². The zero-order valence-electron chi connectivity index (χ0n) is 16.8. The number of aliphatic imine (C=N–C) groups is 1. The molecule has 3 aromatic carbocycles. The van der Waals surface area contributed by atoms with Crippen molar-refractivity contribution in [2.24, 2.45) is 4.99 Å². The number of hydrogen-bond acceptors (Lipinski definition) is 4. The van der Waals surface area contributed by atoms with Crippen LogP contribution in [-0.2, 0) is 11.3 Å².